The summed E-state index contributed by atoms with van der Waals surface area (Å²) in [6, 6.07) is 5.46. The van der Waals surface area contributed by atoms with Gasteiger partial charge in [0.15, 0.2) is 11.5 Å². The van der Waals surface area contributed by atoms with Crippen LogP contribution in [0.25, 0.3) is 0 Å². The van der Waals surface area contributed by atoms with Gasteiger partial charge in [-0.1, -0.05) is 0 Å². The molecule has 122 valence electrons. The van der Waals surface area contributed by atoms with Crippen LogP contribution in [0, 0.1) is 6.92 Å². The summed E-state index contributed by atoms with van der Waals surface area (Å²) >= 11 is 3.38. The predicted molar refractivity (Wildman–Crippen MR) is 93.7 cm³/mol. The molecule has 1 aromatic carbocycles. The van der Waals surface area contributed by atoms with E-state index in [4.69, 9.17) is 9.47 Å². The molecule has 0 aliphatic carbocycles. The molecule has 0 fully saturated rings. The van der Waals surface area contributed by atoms with Crippen LogP contribution in [-0.2, 0) is 10.5 Å². The maximum Gasteiger partial charge on any atom is 0.225 e. The third kappa shape index (κ3) is 4.62. The Morgan fingerprint density at radius 3 is 2.96 bits per heavy atom. The third-order valence-corrected chi connectivity index (χ3v) is 5.03. The zero-order valence-corrected chi connectivity index (χ0v) is 14.5. The summed E-state index contributed by atoms with van der Waals surface area (Å²) in [7, 11) is 0. The molecule has 2 aromatic rings. The van der Waals surface area contributed by atoms with E-state index in [1.54, 1.807) is 29.2 Å². The van der Waals surface area contributed by atoms with Crippen molar-refractivity contribution >= 4 is 34.7 Å². The molecule has 0 unspecified atom stereocenters. The zero-order chi connectivity index (χ0) is 16.1. The number of hydrogen-bond acceptors (Lipinski definition) is 6. The smallest absolute Gasteiger partial charge is 0.225 e. The maximum absolute atomic E-state index is 12.0. The van der Waals surface area contributed by atoms with Gasteiger partial charge in [-0.25, -0.2) is 4.98 Å². The quantitative estimate of drug-likeness (QED) is 0.808. The first-order valence-electron chi connectivity index (χ1n) is 7.39. The van der Waals surface area contributed by atoms with E-state index in [2.05, 4.69) is 15.7 Å². The van der Waals surface area contributed by atoms with Crippen LogP contribution in [-0.4, -0.2) is 29.9 Å². The Labute approximate surface area is 143 Å². The van der Waals surface area contributed by atoms with Crippen molar-refractivity contribution in [1.82, 2.24) is 4.98 Å². The molecule has 7 heteroatoms. The van der Waals surface area contributed by atoms with Crippen molar-refractivity contribution in [3.05, 3.63) is 34.3 Å². The number of carbonyl (C=O) groups excluding carboxylic acids is 1. The van der Waals surface area contributed by atoms with Crippen molar-refractivity contribution in [3.8, 4) is 11.5 Å². The van der Waals surface area contributed by atoms with Gasteiger partial charge in [0.2, 0.25) is 5.91 Å². The highest BCUT2D eigenvalue weighted by Crippen LogP contribution is 2.32. The molecule has 1 N–H and O–H groups in total. The number of ether oxygens (including phenoxy) is 2. The fourth-order valence-corrected chi connectivity index (χ4v) is 3.71. The van der Waals surface area contributed by atoms with Crippen molar-refractivity contribution in [1.29, 1.82) is 0 Å². The Bertz CT molecular complexity index is 688. The van der Waals surface area contributed by atoms with Crippen LogP contribution in [0.5, 0.6) is 11.5 Å². The molecule has 5 nitrogen and oxygen atoms in total. The molecule has 0 saturated carbocycles. The molecule has 0 bridgehead atoms. The Morgan fingerprint density at radius 2 is 2.17 bits per heavy atom. The summed E-state index contributed by atoms with van der Waals surface area (Å²) in [5, 5.41) is 6.04. The van der Waals surface area contributed by atoms with Gasteiger partial charge in [-0.15, -0.1) is 11.3 Å². The lowest BCUT2D eigenvalue weighted by molar-refractivity contribution is -0.115. The number of nitrogens with one attached hydrogen (secondary N) is 1. The standard InChI is InChI=1S/C16H18N2O3S2/c1-11-17-13(10-23-11)9-22-7-4-16(19)18-12-2-3-14-15(8-12)21-6-5-20-14/h2-3,8,10H,4-7,9H2,1H3,(H,18,19). The number of thiazole rings is 1. The van der Waals surface area contributed by atoms with E-state index in [1.165, 1.54) is 0 Å². The number of amides is 1. The number of aryl methyl sites for hydroxylation is 1. The second-order valence-corrected chi connectivity index (χ2v) is 7.23. The molecule has 0 saturated heterocycles. The van der Waals surface area contributed by atoms with Crippen molar-refractivity contribution in [2.24, 2.45) is 0 Å². The molecule has 0 radical (unpaired) electrons. The van der Waals surface area contributed by atoms with Crippen molar-refractivity contribution in [2.75, 3.05) is 24.3 Å². The normalized spacial score (nSPS) is 12.9. The van der Waals surface area contributed by atoms with Crippen molar-refractivity contribution in [2.45, 2.75) is 19.1 Å². The number of fused-ring (bicyclic) bond motifs is 1. The van der Waals surface area contributed by atoms with Gasteiger partial charge < -0.3 is 14.8 Å². The summed E-state index contributed by atoms with van der Waals surface area (Å²) in [5.74, 6) is 3.03. The van der Waals surface area contributed by atoms with Crippen LogP contribution >= 0.6 is 23.1 Å². The largest absolute Gasteiger partial charge is 0.486 e. The lowest BCUT2D eigenvalue weighted by atomic mass is 10.2. The van der Waals surface area contributed by atoms with Crippen molar-refractivity contribution in [3.63, 3.8) is 0 Å². The maximum atomic E-state index is 12.0. The Balaban J connectivity index is 1.42. The van der Waals surface area contributed by atoms with Crippen LogP contribution in [0.4, 0.5) is 5.69 Å². The first-order chi connectivity index (χ1) is 11.2. The number of carbonyl (C=O) groups is 1. The van der Waals surface area contributed by atoms with Gasteiger partial charge in [-0.05, 0) is 19.1 Å². The van der Waals surface area contributed by atoms with Gasteiger partial charge in [-0.3, -0.25) is 4.79 Å². The van der Waals surface area contributed by atoms with Crippen LogP contribution in [0.15, 0.2) is 23.6 Å². The first-order valence-corrected chi connectivity index (χ1v) is 9.42. The van der Waals surface area contributed by atoms with Crippen LogP contribution in [0.2, 0.25) is 0 Å². The molecular formula is C16H18N2O3S2. The van der Waals surface area contributed by atoms with Crippen LogP contribution < -0.4 is 14.8 Å². The molecule has 0 atom stereocenters. The minimum atomic E-state index is 0.00337. The number of hydrogen-bond donors (Lipinski definition) is 1. The number of thioether (sulfide) groups is 1. The molecule has 1 aliphatic rings. The van der Waals surface area contributed by atoms with Gasteiger partial charge in [0.25, 0.3) is 0 Å². The van der Waals surface area contributed by atoms with E-state index in [1.807, 2.05) is 19.1 Å². The summed E-state index contributed by atoms with van der Waals surface area (Å²) in [4.78, 5) is 16.4. The zero-order valence-electron chi connectivity index (χ0n) is 12.8. The number of anilines is 1. The Hall–Kier alpha value is -1.73. The molecule has 1 aliphatic heterocycles. The highest BCUT2D eigenvalue weighted by Gasteiger charge is 2.12. The molecule has 3 rings (SSSR count). The minimum Gasteiger partial charge on any atom is -0.486 e. The summed E-state index contributed by atoms with van der Waals surface area (Å²) in [6.45, 7) is 3.10. The third-order valence-electron chi connectivity index (χ3n) is 3.22. The van der Waals surface area contributed by atoms with E-state index >= 15 is 0 Å². The Morgan fingerprint density at radius 1 is 1.35 bits per heavy atom. The highest BCUT2D eigenvalue weighted by molar-refractivity contribution is 7.98. The number of rotatable bonds is 6. The molecular weight excluding hydrogens is 332 g/mol. The van der Waals surface area contributed by atoms with Gasteiger partial charge in [0, 0.05) is 35.1 Å². The monoisotopic (exact) mass is 350 g/mol. The van der Waals surface area contributed by atoms with E-state index in [-0.39, 0.29) is 5.91 Å². The summed E-state index contributed by atoms with van der Waals surface area (Å²) < 4.78 is 11.0. The second-order valence-electron chi connectivity index (χ2n) is 5.07. The fourth-order valence-electron chi connectivity index (χ4n) is 2.16. The lowest BCUT2D eigenvalue weighted by Crippen LogP contribution is -2.16. The van der Waals surface area contributed by atoms with E-state index in [0.29, 0.717) is 25.4 Å². The Kier molecular flexibility index (Phi) is 5.40. The highest BCUT2D eigenvalue weighted by atomic mass is 32.2. The predicted octanol–water partition coefficient (Wildman–Crippen LogP) is 3.48. The van der Waals surface area contributed by atoms with Gasteiger partial charge in [0.1, 0.15) is 13.2 Å². The number of nitrogens with zero attached hydrogens (tertiary/aromatic N) is 1. The average Bonchev–Trinajstić information content (AvgIpc) is 2.97. The molecule has 23 heavy (non-hydrogen) atoms. The van der Waals surface area contributed by atoms with Crippen LogP contribution in [0.1, 0.15) is 17.1 Å². The number of aromatic nitrogens is 1. The van der Waals surface area contributed by atoms with Crippen LogP contribution in [0.3, 0.4) is 0 Å². The van der Waals surface area contributed by atoms with E-state index < -0.39 is 0 Å². The van der Waals surface area contributed by atoms with Gasteiger partial charge in [-0.2, -0.15) is 11.8 Å². The van der Waals surface area contributed by atoms with Crippen molar-refractivity contribution < 1.29 is 14.3 Å². The van der Waals surface area contributed by atoms with E-state index in [9.17, 15) is 4.79 Å². The van der Waals surface area contributed by atoms with Gasteiger partial charge in [0.05, 0.1) is 10.7 Å². The SMILES string of the molecule is Cc1nc(CSCCC(=O)Nc2ccc3c(c2)OCCO3)cs1. The molecule has 2 heterocycles. The molecule has 1 amide bonds. The summed E-state index contributed by atoms with van der Waals surface area (Å²) in [5.41, 5.74) is 1.82. The number of benzene rings is 1. The van der Waals surface area contributed by atoms with E-state index in [0.717, 1.165) is 33.6 Å². The minimum absolute atomic E-state index is 0.00337. The fraction of sp³-hybridized carbons (Fsp3) is 0.375. The molecule has 0 spiro atoms. The lowest BCUT2D eigenvalue weighted by Gasteiger charge is -2.19. The summed E-state index contributed by atoms with van der Waals surface area (Å²) in [6.07, 6.45) is 0.474. The first kappa shape index (κ1) is 16.1. The topological polar surface area (TPSA) is 60.5 Å². The average molecular weight is 350 g/mol. The second kappa shape index (κ2) is 7.70. The van der Waals surface area contributed by atoms with Gasteiger partial charge >= 0.3 is 0 Å². The molecule has 1 aromatic heterocycles.